The second kappa shape index (κ2) is 8.49. The molecule has 2 rings (SSSR count). The molecule has 0 unspecified atom stereocenters. The van der Waals surface area contributed by atoms with E-state index >= 15 is 0 Å². The number of esters is 1. The quantitative estimate of drug-likeness (QED) is 0.522. The van der Waals surface area contributed by atoms with Crippen molar-refractivity contribution in [3.8, 4) is 17.2 Å². The molecule has 0 aliphatic carbocycles. The predicted octanol–water partition coefficient (Wildman–Crippen LogP) is 4.17. The van der Waals surface area contributed by atoms with Crippen LogP contribution in [0.1, 0.15) is 22.8 Å². The molecule has 0 spiro atoms. The molecule has 0 saturated heterocycles. The minimum Gasteiger partial charge on any atom is -0.493 e. The highest BCUT2D eigenvalue weighted by Crippen LogP contribution is 2.34. The summed E-state index contributed by atoms with van der Waals surface area (Å²) >= 11 is 3.31. The van der Waals surface area contributed by atoms with Crippen LogP contribution in [0.5, 0.6) is 17.2 Å². The number of methoxy groups -OCH3 is 1. The molecule has 126 valence electrons. The van der Waals surface area contributed by atoms with Crippen molar-refractivity contribution in [3.63, 3.8) is 0 Å². The molecule has 0 bridgehead atoms. The number of benzene rings is 2. The fourth-order valence-corrected chi connectivity index (χ4v) is 2.49. The van der Waals surface area contributed by atoms with Gasteiger partial charge in [-0.3, -0.25) is 9.59 Å². The van der Waals surface area contributed by atoms with Gasteiger partial charge in [0.15, 0.2) is 17.8 Å². The number of carbonyl (C=O) groups excluding carboxylic acids is 2. The summed E-state index contributed by atoms with van der Waals surface area (Å²) in [6, 6.07) is 10.3. The van der Waals surface area contributed by atoms with E-state index in [2.05, 4.69) is 15.9 Å². The number of hydrogen-bond acceptors (Lipinski definition) is 5. The Morgan fingerprint density at radius 3 is 2.54 bits per heavy atom. The fourth-order valence-electron chi connectivity index (χ4n) is 2.11. The summed E-state index contributed by atoms with van der Waals surface area (Å²) in [7, 11) is 1.52. The summed E-state index contributed by atoms with van der Waals surface area (Å²) in [5, 5.41) is 0. The molecule has 6 heteroatoms. The average molecular weight is 393 g/mol. The normalized spacial score (nSPS) is 10.1. The van der Waals surface area contributed by atoms with E-state index in [9.17, 15) is 9.59 Å². The summed E-state index contributed by atoms with van der Waals surface area (Å²) in [4.78, 5) is 22.8. The van der Waals surface area contributed by atoms with Crippen molar-refractivity contribution >= 4 is 28.2 Å². The lowest BCUT2D eigenvalue weighted by Crippen LogP contribution is -2.07. The van der Waals surface area contributed by atoms with Gasteiger partial charge in [-0.05, 0) is 42.8 Å². The van der Waals surface area contributed by atoms with Crippen LogP contribution in [0.25, 0.3) is 0 Å². The molecule has 0 radical (unpaired) electrons. The standard InChI is InChI=1S/C18H17BrO5/c1-3-23-18(21)9-12-4-6-16(22-2)17(8-12)24-15-7-5-14(19)10-13(15)11-20/h4-8,10-11H,3,9H2,1-2H3. The van der Waals surface area contributed by atoms with Gasteiger partial charge in [0.1, 0.15) is 5.75 Å². The van der Waals surface area contributed by atoms with Crippen LogP contribution in [-0.2, 0) is 16.0 Å². The first-order valence-corrected chi connectivity index (χ1v) is 8.11. The third kappa shape index (κ3) is 4.58. The highest BCUT2D eigenvalue weighted by molar-refractivity contribution is 9.10. The lowest BCUT2D eigenvalue weighted by molar-refractivity contribution is -0.142. The summed E-state index contributed by atoms with van der Waals surface area (Å²) in [6.45, 7) is 2.09. The van der Waals surface area contributed by atoms with Gasteiger partial charge >= 0.3 is 5.97 Å². The van der Waals surface area contributed by atoms with Crippen LogP contribution >= 0.6 is 15.9 Å². The molecular weight excluding hydrogens is 376 g/mol. The molecule has 2 aromatic rings. The Balaban J connectivity index is 2.31. The SMILES string of the molecule is CCOC(=O)Cc1ccc(OC)c(Oc2ccc(Br)cc2C=O)c1. The zero-order valence-corrected chi connectivity index (χ0v) is 15.0. The van der Waals surface area contributed by atoms with E-state index in [1.165, 1.54) is 7.11 Å². The van der Waals surface area contributed by atoms with Crippen molar-refractivity contribution in [1.29, 1.82) is 0 Å². The number of ether oxygens (including phenoxy) is 3. The van der Waals surface area contributed by atoms with Gasteiger partial charge in [0.05, 0.1) is 25.7 Å². The first-order valence-electron chi connectivity index (χ1n) is 7.32. The van der Waals surface area contributed by atoms with Gasteiger partial charge in [0.25, 0.3) is 0 Å². The lowest BCUT2D eigenvalue weighted by Gasteiger charge is -2.13. The first-order chi connectivity index (χ1) is 11.6. The second-order valence-electron chi connectivity index (χ2n) is 4.87. The summed E-state index contributed by atoms with van der Waals surface area (Å²) in [5.74, 6) is 1.01. The molecule has 0 heterocycles. The minimum atomic E-state index is -0.314. The zero-order chi connectivity index (χ0) is 17.5. The van der Waals surface area contributed by atoms with Crippen molar-refractivity contribution in [1.82, 2.24) is 0 Å². The second-order valence-corrected chi connectivity index (χ2v) is 5.78. The van der Waals surface area contributed by atoms with Gasteiger partial charge in [-0.2, -0.15) is 0 Å². The largest absolute Gasteiger partial charge is 0.493 e. The van der Waals surface area contributed by atoms with Crippen molar-refractivity contribution in [2.75, 3.05) is 13.7 Å². The topological polar surface area (TPSA) is 61.8 Å². The summed E-state index contributed by atoms with van der Waals surface area (Å²) in [5.41, 5.74) is 1.14. The smallest absolute Gasteiger partial charge is 0.310 e. The van der Waals surface area contributed by atoms with E-state index in [1.54, 1.807) is 43.3 Å². The molecule has 0 N–H and O–H groups in total. The molecule has 0 aliphatic heterocycles. The molecule has 0 fully saturated rings. The van der Waals surface area contributed by atoms with E-state index in [0.29, 0.717) is 29.4 Å². The molecular formula is C18H17BrO5. The monoisotopic (exact) mass is 392 g/mol. The number of rotatable bonds is 7. The lowest BCUT2D eigenvalue weighted by atomic mass is 10.1. The van der Waals surface area contributed by atoms with E-state index < -0.39 is 0 Å². The van der Waals surface area contributed by atoms with Crippen LogP contribution in [0.2, 0.25) is 0 Å². The predicted molar refractivity (Wildman–Crippen MR) is 92.9 cm³/mol. The molecule has 0 amide bonds. The number of halogens is 1. The van der Waals surface area contributed by atoms with Crippen LogP contribution in [0.15, 0.2) is 40.9 Å². The Hall–Kier alpha value is -2.34. The maximum absolute atomic E-state index is 11.6. The highest BCUT2D eigenvalue weighted by Gasteiger charge is 2.12. The Morgan fingerprint density at radius 2 is 1.88 bits per heavy atom. The van der Waals surface area contributed by atoms with Gasteiger partial charge in [0.2, 0.25) is 0 Å². The van der Waals surface area contributed by atoms with Gasteiger partial charge in [-0.15, -0.1) is 0 Å². The Bertz CT molecular complexity index is 742. The van der Waals surface area contributed by atoms with Gasteiger partial charge < -0.3 is 14.2 Å². The molecule has 0 atom stereocenters. The van der Waals surface area contributed by atoms with Gasteiger partial charge in [-0.25, -0.2) is 0 Å². The van der Waals surface area contributed by atoms with E-state index in [1.807, 2.05) is 0 Å². The first kappa shape index (κ1) is 18.0. The molecule has 0 aromatic heterocycles. The molecule has 5 nitrogen and oxygen atoms in total. The number of aldehydes is 1. The van der Waals surface area contributed by atoms with Crippen LogP contribution in [0.3, 0.4) is 0 Å². The van der Waals surface area contributed by atoms with Crippen LogP contribution in [0.4, 0.5) is 0 Å². The van der Waals surface area contributed by atoms with Crippen molar-refractivity contribution in [2.45, 2.75) is 13.3 Å². The summed E-state index contributed by atoms with van der Waals surface area (Å²) < 4.78 is 16.8. The highest BCUT2D eigenvalue weighted by atomic mass is 79.9. The van der Waals surface area contributed by atoms with Crippen molar-refractivity contribution in [2.24, 2.45) is 0 Å². The van der Waals surface area contributed by atoms with Crippen molar-refractivity contribution in [3.05, 3.63) is 52.0 Å². The molecule has 0 saturated carbocycles. The third-order valence-corrected chi connectivity index (χ3v) is 3.69. The van der Waals surface area contributed by atoms with Crippen LogP contribution in [-0.4, -0.2) is 26.0 Å². The maximum Gasteiger partial charge on any atom is 0.310 e. The van der Waals surface area contributed by atoms with Crippen molar-refractivity contribution < 1.29 is 23.8 Å². The maximum atomic E-state index is 11.6. The van der Waals surface area contributed by atoms with E-state index in [0.717, 1.165) is 16.3 Å². The Labute approximate surface area is 148 Å². The average Bonchev–Trinajstić information content (AvgIpc) is 2.57. The number of hydrogen-bond donors (Lipinski definition) is 0. The zero-order valence-electron chi connectivity index (χ0n) is 13.4. The van der Waals surface area contributed by atoms with Crippen LogP contribution in [0, 0.1) is 0 Å². The van der Waals surface area contributed by atoms with Crippen LogP contribution < -0.4 is 9.47 Å². The Morgan fingerprint density at radius 1 is 1.12 bits per heavy atom. The fraction of sp³-hybridized carbons (Fsp3) is 0.222. The van der Waals surface area contributed by atoms with E-state index in [-0.39, 0.29) is 12.4 Å². The molecule has 0 aliphatic rings. The summed E-state index contributed by atoms with van der Waals surface area (Å²) in [6.07, 6.45) is 0.851. The number of carbonyl (C=O) groups is 2. The van der Waals surface area contributed by atoms with E-state index in [4.69, 9.17) is 14.2 Å². The van der Waals surface area contributed by atoms with Gasteiger partial charge in [-0.1, -0.05) is 22.0 Å². The van der Waals surface area contributed by atoms with Gasteiger partial charge in [0, 0.05) is 4.47 Å². The molecule has 24 heavy (non-hydrogen) atoms. The third-order valence-electron chi connectivity index (χ3n) is 3.20. The molecule has 2 aromatic carbocycles. The minimum absolute atomic E-state index is 0.134. The Kier molecular flexibility index (Phi) is 6.37.